The summed E-state index contributed by atoms with van der Waals surface area (Å²) in [7, 11) is 0. The van der Waals surface area contributed by atoms with Crippen molar-refractivity contribution in [1.29, 1.82) is 0 Å². The lowest BCUT2D eigenvalue weighted by Gasteiger charge is -2.08. The normalized spacial score (nSPS) is 17.2. The zero-order chi connectivity index (χ0) is 19.2. The molecule has 0 atom stereocenters. The van der Waals surface area contributed by atoms with Gasteiger partial charge in [0.2, 0.25) is 0 Å². The molecule has 0 aromatic carbocycles. The summed E-state index contributed by atoms with van der Waals surface area (Å²) in [5.74, 6) is 0.0107. The Balaban J connectivity index is 2.12. The molecule has 0 spiro atoms. The molecule has 1 rings (SSSR count). The minimum absolute atomic E-state index is 0.0107. The van der Waals surface area contributed by atoms with Crippen LogP contribution in [0.2, 0.25) is 0 Å². The Bertz CT molecular complexity index is 496. The Labute approximate surface area is 159 Å². The highest BCUT2D eigenvalue weighted by Gasteiger charge is 2.14. The van der Waals surface area contributed by atoms with Crippen LogP contribution in [-0.2, 0) is 9.47 Å². The Morgan fingerprint density at radius 2 is 1.46 bits per heavy atom. The molecule has 0 radical (unpaired) electrons. The van der Waals surface area contributed by atoms with Gasteiger partial charge in [0.25, 0.3) is 0 Å². The molecule has 0 aromatic heterocycles. The monoisotopic (exact) mass is 364 g/mol. The zero-order valence-corrected chi connectivity index (χ0v) is 17.0. The van der Waals surface area contributed by atoms with Crippen LogP contribution in [0, 0.1) is 0 Å². The SMILES string of the molecule is C=C(C)CC/C=C(\C)CC/C=C(\F)CC/C=C(\C)CCCC1OCCO1. The van der Waals surface area contributed by atoms with E-state index in [-0.39, 0.29) is 12.1 Å². The predicted octanol–water partition coefficient (Wildman–Crippen LogP) is 7.19. The summed E-state index contributed by atoms with van der Waals surface area (Å²) < 4.78 is 24.7. The third kappa shape index (κ3) is 12.2. The summed E-state index contributed by atoms with van der Waals surface area (Å²) in [6.07, 6.45) is 14.2. The Morgan fingerprint density at radius 3 is 2.12 bits per heavy atom. The third-order valence-electron chi connectivity index (χ3n) is 4.55. The average molecular weight is 365 g/mol. The molecular weight excluding hydrogens is 327 g/mol. The van der Waals surface area contributed by atoms with E-state index < -0.39 is 0 Å². The van der Waals surface area contributed by atoms with E-state index in [1.54, 1.807) is 6.08 Å². The summed E-state index contributed by atoms with van der Waals surface area (Å²) in [6.45, 7) is 11.6. The van der Waals surface area contributed by atoms with Gasteiger partial charge in [0, 0.05) is 6.42 Å². The first kappa shape index (κ1) is 22.9. The summed E-state index contributed by atoms with van der Waals surface area (Å²) in [5.41, 5.74) is 3.87. The minimum Gasteiger partial charge on any atom is -0.350 e. The second kappa shape index (κ2) is 13.9. The van der Waals surface area contributed by atoms with E-state index in [1.807, 2.05) is 0 Å². The van der Waals surface area contributed by atoms with Gasteiger partial charge in [-0.05, 0) is 72.1 Å². The van der Waals surface area contributed by atoms with E-state index in [2.05, 4.69) is 39.5 Å². The molecule has 1 saturated heterocycles. The summed E-state index contributed by atoms with van der Waals surface area (Å²) in [6, 6.07) is 0. The fraction of sp³-hybridized carbons (Fsp3) is 0.652. The Morgan fingerprint density at radius 1 is 0.885 bits per heavy atom. The summed E-state index contributed by atoms with van der Waals surface area (Å²) in [4.78, 5) is 0. The van der Waals surface area contributed by atoms with E-state index in [0.717, 1.165) is 64.6 Å². The zero-order valence-electron chi connectivity index (χ0n) is 17.0. The lowest BCUT2D eigenvalue weighted by atomic mass is 10.1. The molecule has 0 aliphatic carbocycles. The topological polar surface area (TPSA) is 18.5 Å². The van der Waals surface area contributed by atoms with Crippen molar-refractivity contribution >= 4 is 0 Å². The number of rotatable bonds is 13. The first-order valence-corrected chi connectivity index (χ1v) is 10.0. The third-order valence-corrected chi connectivity index (χ3v) is 4.55. The summed E-state index contributed by atoms with van der Waals surface area (Å²) >= 11 is 0. The van der Waals surface area contributed by atoms with Gasteiger partial charge in [0.15, 0.2) is 6.29 Å². The molecule has 26 heavy (non-hydrogen) atoms. The maximum absolute atomic E-state index is 13.9. The Kier molecular flexibility index (Phi) is 12.3. The van der Waals surface area contributed by atoms with Crippen molar-refractivity contribution in [3.05, 3.63) is 47.4 Å². The molecule has 1 heterocycles. The van der Waals surface area contributed by atoms with Crippen molar-refractivity contribution in [2.24, 2.45) is 0 Å². The molecule has 0 unspecified atom stereocenters. The van der Waals surface area contributed by atoms with Gasteiger partial charge in [-0.25, -0.2) is 4.39 Å². The molecule has 1 fully saturated rings. The molecule has 2 nitrogen and oxygen atoms in total. The molecule has 148 valence electrons. The highest BCUT2D eigenvalue weighted by Crippen LogP contribution is 2.17. The number of halogens is 1. The number of allylic oxidation sites excluding steroid dienone is 7. The van der Waals surface area contributed by atoms with Crippen LogP contribution in [0.3, 0.4) is 0 Å². The van der Waals surface area contributed by atoms with E-state index in [9.17, 15) is 4.39 Å². The van der Waals surface area contributed by atoms with Gasteiger partial charge in [-0.15, -0.1) is 6.58 Å². The van der Waals surface area contributed by atoms with Crippen LogP contribution in [0.25, 0.3) is 0 Å². The maximum atomic E-state index is 13.9. The van der Waals surface area contributed by atoms with Crippen LogP contribution < -0.4 is 0 Å². The van der Waals surface area contributed by atoms with Crippen LogP contribution in [0.1, 0.15) is 78.6 Å². The van der Waals surface area contributed by atoms with Gasteiger partial charge >= 0.3 is 0 Å². The van der Waals surface area contributed by atoms with Crippen LogP contribution >= 0.6 is 0 Å². The molecule has 3 heteroatoms. The Hall–Kier alpha value is -1.19. The van der Waals surface area contributed by atoms with Crippen molar-refractivity contribution < 1.29 is 13.9 Å². The number of hydrogen-bond donors (Lipinski definition) is 0. The van der Waals surface area contributed by atoms with Gasteiger partial charge in [-0.3, -0.25) is 0 Å². The first-order chi connectivity index (χ1) is 12.5. The van der Waals surface area contributed by atoms with Gasteiger partial charge in [-0.1, -0.05) is 34.9 Å². The highest BCUT2D eigenvalue weighted by atomic mass is 19.1. The molecule has 1 aliphatic heterocycles. The first-order valence-electron chi connectivity index (χ1n) is 10.0. The standard InChI is InChI=1S/C23H37FO2/c1-19(2)9-5-10-20(3)11-6-14-22(24)15-7-12-21(4)13-8-16-23-25-17-18-26-23/h10,12,14,23H,1,5-9,11,13,15-18H2,2-4H3/b20-10+,21-12+,22-14-. The van der Waals surface area contributed by atoms with Crippen LogP contribution in [0.15, 0.2) is 47.4 Å². The lowest BCUT2D eigenvalue weighted by molar-refractivity contribution is -0.0475. The van der Waals surface area contributed by atoms with Crippen LogP contribution in [0.4, 0.5) is 4.39 Å². The smallest absolute Gasteiger partial charge is 0.157 e. The van der Waals surface area contributed by atoms with Crippen molar-refractivity contribution in [3.63, 3.8) is 0 Å². The molecule has 1 aliphatic rings. The fourth-order valence-corrected chi connectivity index (χ4v) is 2.91. The van der Waals surface area contributed by atoms with Crippen molar-refractivity contribution in [3.8, 4) is 0 Å². The second-order valence-electron chi connectivity index (χ2n) is 7.39. The molecule has 0 N–H and O–H groups in total. The molecule has 0 saturated carbocycles. The van der Waals surface area contributed by atoms with E-state index in [1.165, 1.54) is 16.7 Å². The summed E-state index contributed by atoms with van der Waals surface area (Å²) in [5, 5.41) is 0. The molecule has 0 bridgehead atoms. The highest BCUT2D eigenvalue weighted by molar-refractivity contribution is 5.04. The molecule has 0 aromatic rings. The van der Waals surface area contributed by atoms with Crippen LogP contribution in [-0.4, -0.2) is 19.5 Å². The van der Waals surface area contributed by atoms with Gasteiger partial charge in [-0.2, -0.15) is 0 Å². The van der Waals surface area contributed by atoms with Crippen LogP contribution in [0.5, 0.6) is 0 Å². The van der Waals surface area contributed by atoms with Gasteiger partial charge in [0.05, 0.1) is 19.0 Å². The predicted molar refractivity (Wildman–Crippen MR) is 109 cm³/mol. The fourth-order valence-electron chi connectivity index (χ4n) is 2.91. The lowest BCUT2D eigenvalue weighted by Crippen LogP contribution is -2.06. The van der Waals surface area contributed by atoms with E-state index in [0.29, 0.717) is 6.42 Å². The van der Waals surface area contributed by atoms with Crippen molar-refractivity contribution in [1.82, 2.24) is 0 Å². The minimum atomic E-state index is -0.0125. The maximum Gasteiger partial charge on any atom is 0.157 e. The number of hydrogen-bond acceptors (Lipinski definition) is 2. The van der Waals surface area contributed by atoms with Crippen molar-refractivity contribution in [2.75, 3.05) is 13.2 Å². The molecule has 0 amide bonds. The van der Waals surface area contributed by atoms with Gasteiger partial charge in [0.1, 0.15) is 0 Å². The van der Waals surface area contributed by atoms with E-state index in [4.69, 9.17) is 9.47 Å². The second-order valence-corrected chi connectivity index (χ2v) is 7.39. The van der Waals surface area contributed by atoms with E-state index >= 15 is 0 Å². The quantitative estimate of drug-likeness (QED) is 0.322. The average Bonchev–Trinajstić information content (AvgIpc) is 3.08. The largest absolute Gasteiger partial charge is 0.350 e. The number of ether oxygens (including phenoxy) is 2. The van der Waals surface area contributed by atoms with Gasteiger partial charge < -0.3 is 9.47 Å². The van der Waals surface area contributed by atoms with Crippen molar-refractivity contribution in [2.45, 2.75) is 84.8 Å². The molecular formula is C23H37FO2.